The molecule has 0 radical (unpaired) electrons. The van der Waals surface area contributed by atoms with Gasteiger partial charge in [0.2, 0.25) is 5.91 Å². The second-order valence-electron chi connectivity index (χ2n) is 6.91. The minimum Gasteiger partial charge on any atom is -0.354 e. The summed E-state index contributed by atoms with van der Waals surface area (Å²) in [6.45, 7) is 0.959. The molecule has 0 fully saturated rings. The summed E-state index contributed by atoms with van der Waals surface area (Å²) in [5.74, 6) is -0.182. The number of fused-ring (bicyclic) bond motifs is 2. The zero-order valence-electron chi connectivity index (χ0n) is 16.0. The van der Waals surface area contributed by atoms with Crippen LogP contribution in [0, 0.1) is 0 Å². The third-order valence-corrected chi connectivity index (χ3v) is 4.99. The van der Waals surface area contributed by atoms with E-state index in [9.17, 15) is 14.4 Å². The van der Waals surface area contributed by atoms with Gasteiger partial charge in [-0.05, 0) is 24.3 Å². The minimum atomic E-state index is -0.182. The average molecular weight is 391 g/mol. The number of aryl methyl sites for hydroxylation is 2. The zero-order valence-corrected chi connectivity index (χ0v) is 16.0. The molecule has 0 saturated heterocycles. The molecule has 0 saturated carbocycles. The van der Waals surface area contributed by atoms with Crippen LogP contribution in [0.5, 0.6) is 0 Å². The van der Waals surface area contributed by atoms with Crippen molar-refractivity contribution >= 4 is 27.7 Å². The predicted molar refractivity (Wildman–Crippen MR) is 111 cm³/mol. The van der Waals surface area contributed by atoms with Crippen LogP contribution in [0.15, 0.2) is 64.7 Å². The Morgan fingerprint density at radius 1 is 1.00 bits per heavy atom. The molecule has 0 bridgehead atoms. The Kier molecular flexibility index (Phi) is 4.99. The number of aromatic nitrogens is 4. The number of hydrogen-bond acceptors (Lipinski definition) is 4. The second-order valence-corrected chi connectivity index (χ2v) is 6.91. The average Bonchev–Trinajstić information content (AvgIpc) is 3.11. The topological polar surface area (TPSA) is 90.9 Å². The van der Waals surface area contributed by atoms with Gasteiger partial charge in [0.25, 0.3) is 11.1 Å². The molecular formula is C21H21N5O3. The standard InChI is InChI=1S/C21H21N5O3/c1-24-10-6-15-7-11-25(21(29)19(15)24)13-9-22-18(27)8-12-26-14-23-17-5-3-2-4-16(17)20(26)28/h2-7,10-11,14H,8-9,12-13H2,1H3,(H,22,27). The van der Waals surface area contributed by atoms with E-state index < -0.39 is 0 Å². The lowest BCUT2D eigenvalue weighted by Gasteiger charge is -2.09. The highest BCUT2D eigenvalue weighted by Gasteiger charge is 2.08. The number of carbonyl (C=O) groups excluding carboxylic acids is 1. The SMILES string of the molecule is Cn1ccc2ccn(CCNC(=O)CCn3cnc4ccccc4c3=O)c(=O)c21. The zero-order chi connectivity index (χ0) is 20.4. The Hall–Kier alpha value is -3.68. The maximum absolute atomic E-state index is 12.5. The normalized spacial score (nSPS) is 11.2. The summed E-state index contributed by atoms with van der Waals surface area (Å²) in [5, 5.41) is 4.23. The van der Waals surface area contributed by atoms with E-state index in [1.165, 1.54) is 10.9 Å². The molecule has 8 nitrogen and oxygen atoms in total. The van der Waals surface area contributed by atoms with E-state index >= 15 is 0 Å². The Morgan fingerprint density at radius 2 is 1.79 bits per heavy atom. The number of hydrogen-bond donors (Lipinski definition) is 1. The van der Waals surface area contributed by atoms with Crippen molar-refractivity contribution in [3.63, 3.8) is 0 Å². The molecule has 0 aliphatic heterocycles. The first-order chi connectivity index (χ1) is 14.0. The van der Waals surface area contributed by atoms with Crippen molar-refractivity contribution in [1.29, 1.82) is 0 Å². The molecule has 1 amide bonds. The summed E-state index contributed by atoms with van der Waals surface area (Å²) in [5.41, 5.74) is 1.03. The van der Waals surface area contributed by atoms with Gasteiger partial charge in [0, 0.05) is 50.9 Å². The number of nitrogens with zero attached hydrogens (tertiary/aromatic N) is 4. The molecule has 0 unspecified atom stereocenters. The van der Waals surface area contributed by atoms with Gasteiger partial charge in [0.05, 0.1) is 17.2 Å². The lowest BCUT2D eigenvalue weighted by molar-refractivity contribution is -0.121. The minimum absolute atomic E-state index is 0.0851. The summed E-state index contributed by atoms with van der Waals surface area (Å²) in [7, 11) is 1.83. The largest absolute Gasteiger partial charge is 0.354 e. The number of nitrogens with one attached hydrogen (secondary N) is 1. The fourth-order valence-corrected chi connectivity index (χ4v) is 3.40. The molecule has 0 atom stereocenters. The summed E-state index contributed by atoms with van der Waals surface area (Å²) >= 11 is 0. The first-order valence-corrected chi connectivity index (χ1v) is 9.40. The van der Waals surface area contributed by atoms with Crippen molar-refractivity contribution in [2.24, 2.45) is 7.05 Å². The molecule has 0 aliphatic rings. The van der Waals surface area contributed by atoms with Gasteiger partial charge in [0.1, 0.15) is 5.52 Å². The number of pyridine rings is 1. The number of benzene rings is 1. The summed E-state index contributed by atoms with van der Waals surface area (Å²) in [6.07, 6.45) is 5.21. The Morgan fingerprint density at radius 3 is 2.66 bits per heavy atom. The number of amides is 1. The number of para-hydroxylation sites is 1. The molecule has 3 heterocycles. The van der Waals surface area contributed by atoms with Crippen molar-refractivity contribution in [2.75, 3.05) is 6.54 Å². The Labute approximate surface area is 166 Å². The highest BCUT2D eigenvalue weighted by Crippen LogP contribution is 2.09. The maximum Gasteiger partial charge on any atom is 0.275 e. The smallest absolute Gasteiger partial charge is 0.275 e. The molecule has 1 aromatic carbocycles. The Balaban J connectivity index is 1.35. The van der Waals surface area contributed by atoms with E-state index in [1.54, 1.807) is 33.5 Å². The van der Waals surface area contributed by atoms with Gasteiger partial charge in [-0.25, -0.2) is 4.98 Å². The van der Waals surface area contributed by atoms with Gasteiger partial charge in [-0.2, -0.15) is 0 Å². The first-order valence-electron chi connectivity index (χ1n) is 9.40. The fourth-order valence-electron chi connectivity index (χ4n) is 3.40. The number of rotatable bonds is 6. The van der Waals surface area contributed by atoms with Crippen LogP contribution < -0.4 is 16.4 Å². The van der Waals surface area contributed by atoms with E-state index in [4.69, 9.17) is 0 Å². The van der Waals surface area contributed by atoms with Gasteiger partial charge in [-0.1, -0.05) is 12.1 Å². The van der Waals surface area contributed by atoms with Crippen molar-refractivity contribution in [3.05, 3.63) is 75.8 Å². The van der Waals surface area contributed by atoms with E-state index in [0.717, 1.165) is 5.39 Å². The van der Waals surface area contributed by atoms with Crippen molar-refractivity contribution in [3.8, 4) is 0 Å². The van der Waals surface area contributed by atoms with Crippen LogP contribution in [0.2, 0.25) is 0 Å². The molecule has 4 aromatic rings. The summed E-state index contributed by atoms with van der Waals surface area (Å²) in [6, 6.07) is 10.9. The van der Waals surface area contributed by atoms with E-state index in [2.05, 4.69) is 10.3 Å². The first kappa shape index (κ1) is 18.7. The lowest BCUT2D eigenvalue weighted by Crippen LogP contribution is -2.32. The molecule has 0 spiro atoms. The van der Waals surface area contributed by atoms with Gasteiger partial charge < -0.3 is 14.5 Å². The molecule has 4 rings (SSSR count). The van der Waals surface area contributed by atoms with Crippen LogP contribution in [0.25, 0.3) is 21.8 Å². The van der Waals surface area contributed by atoms with Crippen molar-refractivity contribution in [1.82, 2.24) is 24.0 Å². The third-order valence-electron chi connectivity index (χ3n) is 4.99. The molecular weight excluding hydrogens is 370 g/mol. The maximum atomic E-state index is 12.5. The third kappa shape index (κ3) is 3.69. The van der Waals surface area contributed by atoms with Gasteiger partial charge in [-0.15, -0.1) is 0 Å². The number of carbonyl (C=O) groups is 1. The molecule has 8 heteroatoms. The van der Waals surface area contributed by atoms with Gasteiger partial charge in [0.15, 0.2) is 0 Å². The van der Waals surface area contributed by atoms with Crippen LogP contribution in [-0.2, 0) is 24.9 Å². The molecule has 29 heavy (non-hydrogen) atoms. The summed E-state index contributed by atoms with van der Waals surface area (Å²) in [4.78, 5) is 41.4. The van der Waals surface area contributed by atoms with E-state index in [1.807, 2.05) is 31.4 Å². The van der Waals surface area contributed by atoms with Crippen LogP contribution in [0.1, 0.15) is 6.42 Å². The summed E-state index contributed by atoms with van der Waals surface area (Å²) < 4.78 is 4.82. The van der Waals surface area contributed by atoms with E-state index in [0.29, 0.717) is 29.5 Å². The van der Waals surface area contributed by atoms with Crippen molar-refractivity contribution in [2.45, 2.75) is 19.5 Å². The lowest BCUT2D eigenvalue weighted by atomic mass is 10.2. The van der Waals surface area contributed by atoms with Crippen LogP contribution in [0.4, 0.5) is 0 Å². The van der Waals surface area contributed by atoms with Gasteiger partial charge in [-0.3, -0.25) is 19.0 Å². The highest BCUT2D eigenvalue weighted by molar-refractivity contribution is 5.79. The van der Waals surface area contributed by atoms with Crippen molar-refractivity contribution < 1.29 is 4.79 Å². The Bertz CT molecular complexity index is 1320. The van der Waals surface area contributed by atoms with E-state index in [-0.39, 0.29) is 30.0 Å². The van der Waals surface area contributed by atoms with Crippen LogP contribution in [0.3, 0.4) is 0 Å². The molecule has 3 aromatic heterocycles. The predicted octanol–water partition coefficient (Wildman–Crippen LogP) is 1.26. The highest BCUT2D eigenvalue weighted by atomic mass is 16.2. The van der Waals surface area contributed by atoms with Crippen LogP contribution in [-0.4, -0.2) is 31.1 Å². The quantitative estimate of drug-likeness (QED) is 0.536. The molecule has 1 N–H and O–H groups in total. The fraction of sp³-hybridized carbons (Fsp3) is 0.238. The van der Waals surface area contributed by atoms with Crippen LogP contribution >= 0.6 is 0 Å². The molecule has 148 valence electrons. The van der Waals surface area contributed by atoms with Gasteiger partial charge >= 0.3 is 0 Å². The second kappa shape index (κ2) is 7.75. The molecule has 0 aliphatic carbocycles. The monoisotopic (exact) mass is 391 g/mol.